The number of hydrogen-bond donors (Lipinski definition) is 2. The van der Waals surface area contributed by atoms with Crippen molar-refractivity contribution in [2.45, 2.75) is 44.0 Å². The molecule has 2 rings (SSSR count). The van der Waals surface area contributed by atoms with E-state index in [0.29, 0.717) is 22.9 Å². The van der Waals surface area contributed by atoms with Gasteiger partial charge in [0.05, 0.1) is 0 Å². The minimum atomic E-state index is 0.285. The Morgan fingerprint density at radius 1 is 1.44 bits per heavy atom. The van der Waals surface area contributed by atoms with Crippen LogP contribution in [0.15, 0.2) is 18.2 Å². The largest absolute Gasteiger partial charge is 0.508 e. The molecule has 0 aromatic heterocycles. The SMILES string of the molecule is CCSC1CCCC1NCc1c(O)cccc1Cl. The molecular formula is C14H20ClNOS. The van der Waals surface area contributed by atoms with Gasteiger partial charge < -0.3 is 10.4 Å². The second-order valence-corrected chi connectivity index (χ2v) is 6.57. The summed E-state index contributed by atoms with van der Waals surface area (Å²) in [6, 6.07) is 5.83. The highest BCUT2D eigenvalue weighted by Crippen LogP contribution is 2.31. The second kappa shape index (κ2) is 6.69. The monoisotopic (exact) mass is 285 g/mol. The van der Waals surface area contributed by atoms with E-state index in [0.717, 1.165) is 5.56 Å². The lowest BCUT2D eigenvalue weighted by molar-refractivity contribution is 0.457. The van der Waals surface area contributed by atoms with E-state index in [1.165, 1.54) is 25.0 Å². The average Bonchev–Trinajstić information content (AvgIpc) is 2.77. The van der Waals surface area contributed by atoms with Crippen LogP contribution in [0.3, 0.4) is 0 Å². The van der Waals surface area contributed by atoms with Gasteiger partial charge >= 0.3 is 0 Å². The maximum Gasteiger partial charge on any atom is 0.121 e. The fraction of sp³-hybridized carbons (Fsp3) is 0.571. The number of phenols is 1. The molecule has 0 heterocycles. The van der Waals surface area contributed by atoms with Gasteiger partial charge in [0.25, 0.3) is 0 Å². The third kappa shape index (κ3) is 3.34. The lowest BCUT2D eigenvalue weighted by Gasteiger charge is -2.20. The molecule has 0 radical (unpaired) electrons. The molecule has 1 aliphatic carbocycles. The van der Waals surface area contributed by atoms with E-state index in [-0.39, 0.29) is 5.75 Å². The molecule has 1 aromatic rings. The fourth-order valence-electron chi connectivity index (χ4n) is 2.53. The van der Waals surface area contributed by atoms with Gasteiger partial charge in [0.15, 0.2) is 0 Å². The molecule has 1 aliphatic rings. The Morgan fingerprint density at radius 2 is 2.28 bits per heavy atom. The van der Waals surface area contributed by atoms with E-state index >= 15 is 0 Å². The molecule has 2 N–H and O–H groups in total. The van der Waals surface area contributed by atoms with Crippen LogP contribution in [0.2, 0.25) is 5.02 Å². The first-order chi connectivity index (χ1) is 8.72. The quantitative estimate of drug-likeness (QED) is 0.863. The molecule has 2 unspecified atom stereocenters. The van der Waals surface area contributed by atoms with Crippen molar-refractivity contribution in [2.75, 3.05) is 5.75 Å². The van der Waals surface area contributed by atoms with Crippen LogP contribution in [-0.4, -0.2) is 22.2 Å². The van der Waals surface area contributed by atoms with Crippen LogP contribution in [0.1, 0.15) is 31.7 Å². The van der Waals surface area contributed by atoms with Gasteiger partial charge in [-0.3, -0.25) is 0 Å². The number of nitrogens with one attached hydrogen (secondary N) is 1. The fourth-order valence-corrected chi connectivity index (χ4v) is 3.99. The summed E-state index contributed by atoms with van der Waals surface area (Å²) < 4.78 is 0. The summed E-state index contributed by atoms with van der Waals surface area (Å²) in [7, 11) is 0. The number of hydrogen-bond acceptors (Lipinski definition) is 3. The molecule has 18 heavy (non-hydrogen) atoms. The molecule has 0 bridgehead atoms. The maximum atomic E-state index is 9.80. The first kappa shape index (κ1) is 14.0. The Balaban J connectivity index is 1.95. The lowest BCUT2D eigenvalue weighted by Crippen LogP contribution is -2.33. The highest BCUT2D eigenvalue weighted by Gasteiger charge is 2.26. The number of aromatic hydroxyl groups is 1. The van der Waals surface area contributed by atoms with Crippen LogP contribution in [0.5, 0.6) is 5.75 Å². The van der Waals surface area contributed by atoms with Gasteiger partial charge in [0.2, 0.25) is 0 Å². The topological polar surface area (TPSA) is 32.3 Å². The summed E-state index contributed by atoms with van der Waals surface area (Å²) >= 11 is 8.14. The molecule has 100 valence electrons. The minimum Gasteiger partial charge on any atom is -0.508 e. The van der Waals surface area contributed by atoms with Crippen LogP contribution in [-0.2, 0) is 6.54 Å². The summed E-state index contributed by atoms with van der Waals surface area (Å²) in [4.78, 5) is 0. The Kier molecular flexibility index (Phi) is 5.22. The van der Waals surface area contributed by atoms with Crippen LogP contribution >= 0.6 is 23.4 Å². The average molecular weight is 286 g/mol. The molecule has 4 heteroatoms. The summed E-state index contributed by atoms with van der Waals surface area (Å²) in [5, 5.41) is 14.7. The summed E-state index contributed by atoms with van der Waals surface area (Å²) in [5.74, 6) is 1.45. The van der Waals surface area contributed by atoms with Gasteiger partial charge in [-0.25, -0.2) is 0 Å². The Morgan fingerprint density at radius 3 is 3.00 bits per heavy atom. The predicted octanol–water partition coefficient (Wildman–Crippen LogP) is 3.81. The van der Waals surface area contributed by atoms with E-state index in [4.69, 9.17) is 11.6 Å². The number of thioether (sulfide) groups is 1. The summed E-state index contributed by atoms with van der Waals surface area (Å²) in [6.45, 7) is 2.86. The Bertz CT molecular complexity index is 379. The molecular weight excluding hydrogens is 266 g/mol. The van der Waals surface area contributed by atoms with Crippen LogP contribution in [0.4, 0.5) is 0 Å². The van der Waals surface area contributed by atoms with Crippen LogP contribution in [0.25, 0.3) is 0 Å². The van der Waals surface area contributed by atoms with Crippen molar-refractivity contribution >= 4 is 23.4 Å². The Labute approximate surface area is 118 Å². The van der Waals surface area contributed by atoms with Gasteiger partial charge in [0.1, 0.15) is 5.75 Å². The number of benzene rings is 1. The molecule has 0 amide bonds. The van der Waals surface area contributed by atoms with Crippen molar-refractivity contribution < 1.29 is 5.11 Å². The van der Waals surface area contributed by atoms with Crippen LogP contribution in [0, 0.1) is 0 Å². The standard InChI is InChI=1S/C14H20ClNOS/c1-2-18-14-8-4-6-12(14)16-9-10-11(15)5-3-7-13(10)17/h3,5,7,12,14,16-17H,2,4,6,8-9H2,1H3. The van der Waals surface area contributed by atoms with Crippen LogP contribution < -0.4 is 5.32 Å². The molecule has 0 saturated heterocycles. The molecule has 1 saturated carbocycles. The van der Waals surface area contributed by atoms with Gasteiger partial charge in [-0.1, -0.05) is 31.0 Å². The minimum absolute atomic E-state index is 0.285. The predicted molar refractivity (Wildman–Crippen MR) is 79.5 cm³/mol. The van der Waals surface area contributed by atoms with Crippen molar-refractivity contribution in [3.63, 3.8) is 0 Å². The number of halogens is 1. The molecule has 2 nitrogen and oxygen atoms in total. The van der Waals surface area contributed by atoms with Gasteiger partial charge in [-0.05, 0) is 30.7 Å². The third-order valence-corrected chi connectivity index (χ3v) is 5.15. The lowest BCUT2D eigenvalue weighted by atomic mass is 10.1. The zero-order valence-electron chi connectivity index (χ0n) is 10.7. The van der Waals surface area contributed by atoms with E-state index in [9.17, 15) is 5.11 Å². The van der Waals surface area contributed by atoms with E-state index in [2.05, 4.69) is 12.2 Å². The van der Waals surface area contributed by atoms with Gasteiger partial charge in [-0.15, -0.1) is 0 Å². The number of rotatable bonds is 5. The normalized spacial score (nSPS) is 23.4. The zero-order chi connectivity index (χ0) is 13.0. The van der Waals surface area contributed by atoms with Crippen molar-refractivity contribution in [2.24, 2.45) is 0 Å². The third-order valence-electron chi connectivity index (χ3n) is 3.47. The highest BCUT2D eigenvalue weighted by molar-refractivity contribution is 7.99. The Hall–Kier alpha value is -0.380. The first-order valence-corrected chi connectivity index (χ1v) is 7.96. The molecule has 2 atom stereocenters. The highest BCUT2D eigenvalue weighted by atomic mass is 35.5. The van der Waals surface area contributed by atoms with E-state index in [1.807, 2.05) is 17.8 Å². The van der Waals surface area contributed by atoms with Gasteiger partial charge in [0, 0.05) is 28.4 Å². The maximum absolute atomic E-state index is 9.80. The zero-order valence-corrected chi connectivity index (χ0v) is 12.2. The first-order valence-electron chi connectivity index (χ1n) is 6.53. The second-order valence-electron chi connectivity index (χ2n) is 4.65. The van der Waals surface area contributed by atoms with E-state index in [1.54, 1.807) is 12.1 Å². The molecule has 0 aliphatic heterocycles. The molecule has 1 aromatic carbocycles. The van der Waals surface area contributed by atoms with Crippen molar-refractivity contribution in [1.82, 2.24) is 5.32 Å². The molecule has 1 fully saturated rings. The van der Waals surface area contributed by atoms with Gasteiger partial charge in [-0.2, -0.15) is 11.8 Å². The van der Waals surface area contributed by atoms with E-state index < -0.39 is 0 Å². The van der Waals surface area contributed by atoms with Crippen molar-refractivity contribution in [3.8, 4) is 5.75 Å². The molecule has 0 spiro atoms. The summed E-state index contributed by atoms with van der Waals surface area (Å²) in [6.07, 6.45) is 3.82. The smallest absolute Gasteiger partial charge is 0.121 e. The van der Waals surface area contributed by atoms with Crippen molar-refractivity contribution in [3.05, 3.63) is 28.8 Å². The van der Waals surface area contributed by atoms with Crippen molar-refractivity contribution in [1.29, 1.82) is 0 Å². The summed E-state index contributed by atoms with van der Waals surface area (Å²) in [5.41, 5.74) is 0.811. The number of phenolic OH excluding ortho intramolecular Hbond substituents is 1.